The van der Waals surface area contributed by atoms with Gasteiger partial charge in [-0.15, -0.1) is 0 Å². The highest BCUT2D eigenvalue weighted by Crippen LogP contribution is 2.43. The molecule has 1 aliphatic carbocycles. The molecule has 2 aromatic carbocycles. The average Bonchev–Trinajstić information content (AvgIpc) is 3.22. The van der Waals surface area contributed by atoms with E-state index >= 15 is 0 Å². The first kappa shape index (κ1) is 20.3. The molecular formula is C25H27FN4S. The number of pyridine rings is 1. The highest BCUT2D eigenvalue weighted by atomic mass is 32.2. The highest BCUT2D eigenvalue weighted by molar-refractivity contribution is 7.99. The van der Waals surface area contributed by atoms with Crippen molar-refractivity contribution in [1.29, 1.82) is 0 Å². The third-order valence-electron chi connectivity index (χ3n) is 6.81. The Kier molecular flexibility index (Phi) is 5.57. The Balaban J connectivity index is 1.31. The molecule has 1 aliphatic rings. The first-order valence-corrected chi connectivity index (χ1v) is 12.2. The molecule has 160 valence electrons. The molecule has 2 N–H and O–H groups in total. The van der Waals surface area contributed by atoms with Crippen LogP contribution in [-0.2, 0) is 0 Å². The van der Waals surface area contributed by atoms with Crippen LogP contribution in [-0.4, -0.2) is 21.2 Å². The van der Waals surface area contributed by atoms with E-state index in [4.69, 9.17) is 4.98 Å². The van der Waals surface area contributed by atoms with Crippen LogP contribution in [0.25, 0.3) is 21.9 Å². The summed E-state index contributed by atoms with van der Waals surface area (Å²) in [6.07, 6.45) is 8.42. The van der Waals surface area contributed by atoms with Gasteiger partial charge in [0, 0.05) is 29.4 Å². The van der Waals surface area contributed by atoms with Gasteiger partial charge in [0.1, 0.15) is 11.6 Å². The zero-order chi connectivity index (χ0) is 21.4. The van der Waals surface area contributed by atoms with Crippen molar-refractivity contribution in [2.75, 3.05) is 11.0 Å². The van der Waals surface area contributed by atoms with Gasteiger partial charge in [0.25, 0.3) is 0 Å². The van der Waals surface area contributed by atoms with E-state index < -0.39 is 0 Å². The number of hydrogen-bond acceptors (Lipinski definition) is 4. The summed E-state index contributed by atoms with van der Waals surface area (Å²) in [5, 5.41) is 0.964. The second kappa shape index (κ2) is 8.50. The third-order valence-corrected chi connectivity index (χ3v) is 7.25. The molecular weight excluding hydrogens is 407 g/mol. The fourth-order valence-electron chi connectivity index (χ4n) is 5.08. The van der Waals surface area contributed by atoms with Gasteiger partial charge in [0.15, 0.2) is 0 Å². The first-order chi connectivity index (χ1) is 15.1. The van der Waals surface area contributed by atoms with E-state index in [1.165, 1.54) is 11.6 Å². The van der Waals surface area contributed by atoms with Gasteiger partial charge in [-0.05, 0) is 85.5 Å². The van der Waals surface area contributed by atoms with E-state index in [-0.39, 0.29) is 5.82 Å². The van der Waals surface area contributed by atoms with Crippen molar-refractivity contribution < 1.29 is 4.39 Å². The van der Waals surface area contributed by atoms with E-state index in [0.29, 0.717) is 17.8 Å². The first-order valence-electron chi connectivity index (χ1n) is 10.9. The number of aromatic nitrogens is 3. The SMILES string of the molecule is CSNc1ccc2nc(C(C)C3CCC(c4ccnc5ccc(F)cc45)CC3)[nH]c2c1. The number of imidazole rings is 1. The average molecular weight is 435 g/mol. The molecule has 0 amide bonds. The van der Waals surface area contributed by atoms with E-state index in [9.17, 15) is 4.39 Å². The molecule has 0 aliphatic heterocycles. The molecule has 4 nitrogen and oxygen atoms in total. The number of nitrogens with one attached hydrogen (secondary N) is 2. The lowest BCUT2D eigenvalue weighted by atomic mass is 9.73. The van der Waals surface area contributed by atoms with Crippen molar-refractivity contribution in [3.8, 4) is 0 Å². The summed E-state index contributed by atoms with van der Waals surface area (Å²) in [6.45, 7) is 2.29. The van der Waals surface area contributed by atoms with Crippen molar-refractivity contribution >= 4 is 39.6 Å². The number of nitrogens with zero attached hydrogens (tertiary/aromatic N) is 2. The number of anilines is 1. The normalized spacial score (nSPS) is 20.2. The molecule has 1 fully saturated rings. The summed E-state index contributed by atoms with van der Waals surface area (Å²) in [5.41, 5.74) is 5.32. The maximum absolute atomic E-state index is 13.9. The summed E-state index contributed by atoms with van der Waals surface area (Å²) in [6, 6.07) is 13.3. The number of aromatic amines is 1. The van der Waals surface area contributed by atoms with Crippen LogP contribution < -0.4 is 4.72 Å². The zero-order valence-corrected chi connectivity index (χ0v) is 18.7. The van der Waals surface area contributed by atoms with Crippen LogP contribution >= 0.6 is 11.9 Å². The fourth-order valence-corrected chi connectivity index (χ4v) is 5.44. The number of hydrogen-bond donors (Lipinski definition) is 2. The third kappa shape index (κ3) is 4.01. The quantitative estimate of drug-likeness (QED) is 0.332. The summed E-state index contributed by atoms with van der Waals surface area (Å²) < 4.78 is 17.1. The molecule has 0 bridgehead atoms. The van der Waals surface area contributed by atoms with Crippen LogP contribution in [0.3, 0.4) is 0 Å². The number of halogens is 1. The summed E-state index contributed by atoms with van der Waals surface area (Å²) in [5.74, 6) is 2.34. The lowest BCUT2D eigenvalue weighted by molar-refractivity contribution is 0.286. The molecule has 2 heterocycles. The van der Waals surface area contributed by atoms with Crippen LogP contribution in [0.2, 0.25) is 0 Å². The summed E-state index contributed by atoms with van der Waals surface area (Å²) in [7, 11) is 0. The summed E-state index contributed by atoms with van der Waals surface area (Å²) >= 11 is 1.59. The molecule has 1 atom stereocenters. The van der Waals surface area contributed by atoms with Gasteiger partial charge >= 0.3 is 0 Å². The molecule has 31 heavy (non-hydrogen) atoms. The van der Waals surface area contributed by atoms with Crippen LogP contribution in [0.1, 0.15) is 55.8 Å². The number of fused-ring (bicyclic) bond motifs is 2. The second-order valence-corrected chi connectivity index (χ2v) is 9.23. The van der Waals surface area contributed by atoms with Crippen molar-refractivity contribution in [2.24, 2.45) is 5.92 Å². The van der Waals surface area contributed by atoms with Crippen molar-refractivity contribution in [2.45, 2.75) is 44.4 Å². The molecule has 0 saturated heterocycles. The van der Waals surface area contributed by atoms with E-state index in [1.807, 2.05) is 12.5 Å². The maximum atomic E-state index is 13.9. The Labute approximate surface area is 186 Å². The molecule has 0 spiro atoms. The molecule has 0 radical (unpaired) electrons. The zero-order valence-electron chi connectivity index (χ0n) is 17.9. The molecule has 1 saturated carbocycles. The van der Waals surface area contributed by atoms with Crippen molar-refractivity contribution in [1.82, 2.24) is 15.0 Å². The number of rotatable bonds is 5. The standard InChI is InChI=1S/C25H27FN4S/c1-15(25-28-23-10-8-19(30-31-2)14-24(23)29-25)16-3-5-17(6-4-16)20-11-12-27-22-9-7-18(26)13-21(20)22/h7-17,30H,3-6H2,1-2H3,(H,28,29). The van der Waals surface area contributed by atoms with Gasteiger partial charge in [-0.2, -0.15) is 0 Å². The molecule has 5 rings (SSSR count). The summed E-state index contributed by atoms with van der Waals surface area (Å²) in [4.78, 5) is 12.8. The predicted molar refractivity (Wildman–Crippen MR) is 128 cm³/mol. The minimum atomic E-state index is -0.190. The Bertz CT molecular complexity index is 1210. The highest BCUT2D eigenvalue weighted by Gasteiger charge is 2.29. The van der Waals surface area contributed by atoms with Gasteiger partial charge in [-0.1, -0.05) is 18.9 Å². The van der Waals surface area contributed by atoms with E-state index in [0.717, 1.165) is 59.1 Å². The van der Waals surface area contributed by atoms with E-state index in [2.05, 4.69) is 45.9 Å². The Hall–Kier alpha value is -2.60. The Morgan fingerprint density at radius 1 is 1.06 bits per heavy atom. The lowest BCUT2D eigenvalue weighted by Gasteiger charge is -2.32. The van der Waals surface area contributed by atoms with Crippen molar-refractivity contribution in [3.05, 3.63) is 65.9 Å². The van der Waals surface area contributed by atoms with Crippen LogP contribution in [0, 0.1) is 11.7 Å². The fraction of sp³-hybridized carbons (Fsp3) is 0.360. The minimum Gasteiger partial charge on any atom is -0.342 e. The van der Waals surface area contributed by atoms with Crippen LogP contribution in [0.5, 0.6) is 0 Å². The van der Waals surface area contributed by atoms with Crippen LogP contribution in [0.4, 0.5) is 10.1 Å². The lowest BCUT2D eigenvalue weighted by Crippen LogP contribution is -2.19. The van der Waals surface area contributed by atoms with Crippen molar-refractivity contribution in [3.63, 3.8) is 0 Å². The minimum absolute atomic E-state index is 0.190. The predicted octanol–water partition coefficient (Wildman–Crippen LogP) is 7.02. The maximum Gasteiger partial charge on any atom is 0.123 e. The largest absolute Gasteiger partial charge is 0.342 e. The smallest absolute Gasteiger partial charge is 0.123 e. The second-order valence-electron chi connectivity index (χ2n) is 8.62. The van der Waals surface area contributed by atoms with Gasteiger partial charge in [-0.25, -0.2) is 9.37 Å². The number of benzene rings is 2. The van der Waals surface area contributed by atoms with Gasteiger partial charge < -0.3 is 9.71 Å². The topological polar surface area (TPSA) is 53.6 Å². The molecule has 6 heteroatoms. The Morgan fingerprint density at radius 3 is 2.68 bits per heavy atom. The van der Waals surface area contributed by atoms with E-state index in [1.54, 1.807) is 24.1 Å². The van der Waals surface area contributed by atoms with Gasteiger partial charge in [-0.3, -0.25) is 4.98 Å². The van der Waals surface area contributed by atoms with Crippen LogP contribution in [0.15, 0.2) is 48.7 Å². The number of H-pyrrole nitrogens is 1. The van der Waals surface area contributed by atoms with Gasteiger partial charge in [0.05, 0.1) is 16.6 Å². The monoisotopic (exact) mass is 434 g/mol. The van der Waals surface area contributed by atoms with Gasteiger partial charge in [0.2, 0.25) is 0 Å². The molecule has 2 aromatic heterocycles. The Morgan fingerprint density at radius 2 is 1.87 bits per heavy atom. The molecule has 1 unspecified atom stereocenters. The molecule has 4 aromatic rings.